The van der Waals surface area contributed by atoms with Gasteiger partial charge in [0.1, 0.15) is 6.04 Å². The predicted molar refractivity (Wildman–Crippen MR) is 91.7 cm³/mol. The summed E-state index contributed by atoms with van der Waals surface area (Å²) in [4.78, 5) is 35.4. The molecule has 7 nitrogen and oxygen atoms in total. The minimum absolute atomic E-state index is 0.0650. The van der Waals surface area contributed by atoms with Crippen LogP contribution in [0.1, 0.15) is 17.5 Å². The number of amides is 2. The Balaban J connectivity index is 1.80. The number of hydrogen-bond acceptors (Lipinski definition) is 5. The zero-order valence-corrected chi connectivity index (χ0v) is 14.6. The predicted octanol–water partition coefficient (Wildman–Crippen LogP) is 2.89. The Labute approximate surface area is 153 Å². The molecule has 2 rings (SSSR count). The molecule has 0 bridgehead atoms. The summed E-state index contributed by atoms with van der Waals surface area (Å²) in [6.45, 7) is 0.905. The third-order valence-corrected chi connectivity index (χ3v) is 3.37. The van der Waals surface area contributed by atoms with Gasteiger partial charge in [-0.2, -0.15) is 0 Å². The maximum Gasteiger partial charge on any atom is 0.328 e. The Kier molecular flexibility index (Phi) is 6.44. The summed E-state index contributed by atoms with van der Waals surface area (Å²) in [6.07, 6.45) is 1.34. The van der Waals surface area contributed by atoms with Crippen LogP contribution in [0.4, 0.5) is 5.69 Å². The molecule has 0 fully saturated rings. The smallest absolute Gasteiger partial charge is 0.328 e. The summed E-state index contributed by atoms with van der Waals surface area (Å²) in [5.41, 5.74) is 0.373. The molecule has 2 N–H and O–H groups in total. The third kappa shape index (κ3) is 5.81. The highest BCUT2D eigenvalue weighted by atomic mass is 35.5. The minimum atomic E-state index is -0.953. The maximum absolute atomic E-state index is 11.8. The Bertz CT molecular complexity index is 757. The molecule has 1 heterocycles. The van der Waals surface area contributed by atoms with Crippen LogP contribution >= 0.6 is 23.2 Å². The molecular formula is C16H14Cl2N2O5. The first kappa shape index (κ1) is 18.8. The third-order valence-electron chi connectivity index (χ3n) is 2.94. The number of hydrogen-bond donors (Lipinski definition) is 2. The van der Waals surface area contributed by atoms with Crippen molar-refractivity contribution < 1.29 is 23.5 Å². The van der Waals surface area contributed by atoms with Gasteiger partial charge in [-0.15, -0.1) is 0 Å². The van der Waals surface area contributed by atoms with Crippen LogP contribution in [0.3, 0.4) is 0 Å². The number of furan rings is 1. The molecule has 9 heteroatoms. The summed E-state index contributed by atoms with van der Waals surface area (Å²) in [5.74, 6) is -1.84. The van der Waals surface area contributed by atoms with Crippen molar-refractivity contribution >= 4 is 46.7 Å². The fourth-order valence-corrected chi connectivity index (χ4v) is 2.35. The molecule has 2 amide bonds. The molecule has 0 unspecified atom stereocenters. The van der Waals surface area contributed by atoms with Crippen LogP contribution in [-0.2, 0) is 14.3 Å². The number of ether oxygens (including phenoxy) is 1. The van der Waals surface area contributed by atoms with Gasteiger partial charge in [-0.3, -0.25) is 9.59 Å². The van der Waals surface area contributed by atoms with Crippen molar-refractivity contribution in [3.8, 4) is 0 Å². The first-order valence-corrected chi connectivity index (χ1v) is 7.87. The average molecular weight is 385 g/mol. The second-order valence-corrected chi connectivity index (χ2v) is 5.86. The highest BCUT2D eigenvalue weighted by Gasteiger charge is 2.20. The number of esters is 1. The molecule has 0 aliphatic rings. The molecule has 1 aromatic heterocycles. The zero-order valence-electron chi connectivity index (χ0n) is 13.0. The van der Waals surface area contributed by atoms with Crippen LogP contribution in [0.2, 0.25) is 10.0 Å². The largest absolute Gasteiger partial charge is 0.459 e. The summed E-state index contributed by atoms with van der Waals surface area (Å²) in [5, 5.41) is 5.60. The van der Waals surface area contributed by atoms with Crippen LogP contribution in [0.5, 0.6) is 0 Å². The Morgan fingerprint density at radius 3 is 2.48 bits per heavy atom. The molecule has 2 aromatic rings. The molecule has 132 valence electrons. The SMILES string of the molecule is C[C@H](NC(=O)c1ccco1)C(=O)OCC(=O)Nc1cc(Cl)cc(Cl)c1. The normalized spacial score (nSPS) is 11.5. The van der Waals surface area contributed by atoms with Gasteiger partial charge in [0.2, 0.25) is 0 Å². The van der Waals surface area contributed by atoms with Crippen LogP contribution in [0.25, 0.3) is 0 Å². The van der Waals surface area contributed by atoms with Gasteiger partial charge >= 0.3 is 5.97 Å². The quantitative estimate of drug-likeness (QED) is 0.746. The van der Waals surface area contributed by atoms with E-state index < -0.39 is 30.4 Å². The molecule has 1 atom stereocenters. The van der Waals surface area contributed by atoms with Gasteiger partial charge < -0.3 is 19.8 Å². The standard InChI is InChI=1S/C16H14Cl2N2O5/c1-9(19-15(22)13-3-2-4-24-13)16(23)25-8-14(21)20-12-6-10(17)5-11(18)7-12/h2-7,9H,8H2,1H3,(H,19,22)(H,20,21)/t9-/m0/s1. The van der Waals surface area contributed by atoms with Gasteiger partial charge in [0, 0.05) is 15.7 Å². The number of nitrogens with one attached hydrogen (secondary N) is 2. The van der Waals surface area contributed by atoms with E-state index in [-0.39, 0.29) is 5.76 Å². The van der Waals surface area contributed by atoms with E-state index in [2.05, 4.69) is 10.6 Å². The number of carbonyl (C=O) groups is 3. The van der Waals surface area contributed by atoms with E-state index >= 15 is 0 Å². The molecule has 0 spiro atoms. The Morgan fingerprint density at radius 2 is 1.88 bits per heavy atom. The topological polar surface area (TPSA) is 97.6 Å². The lowest BCUT2D eigenvalue weighted by Crippen LogP contribution is -2.40. The van der Waals surface area contributed by atoms with Crippen molar-refractivity contribution in [2.45, 2.75) is 13.0 Å². The minimum Gasteiger partial charge on any atom is -0.459 e. The molecule has 0 aliphatic heterocycles. The van der Waals surface area contributed by atoms with E-state index in [1.165, 1.54) is 37.5 Å². The lowest BCUT2D eigenvalue weighted by molar-refractivity contribution is -0.148. The van der Waals surface area contributed by atoms with Gasteiger partial charge in [0.25, 0.3) is 11.8 Å². The van der Waals surface area contributed by atoms with Gasteiger partial charge in [-0.05, 0) is 37.3 Å². The molecule has 1 aromatic carbocycles. The molecule has 0 aliphatic carbocycles. The van der Waals surface area contributed by atoms with Crippen LogP contribution in [0, 0.1) is 0 Å². The van der Waals surface area contributed by atoms with E-state index in [1.54, 1.807) is 6.07 Å². The number of rotatable bonds is 6. The lowest BCUT2D eigenvalue weighted by Gasteiger charge is -2.12. The number of anilines is 1. The second kappa shape index (κ2) is 8.55. The molecular weight excluding hydrogens is 371 g/mol. The maximum atomic E-state index is 11.8. The van der Waals surface area contributed by atoms with Crippen LogP contribution in [0.15, 0.2) is 41.0 Å². The first-order chi connectivity index (χ1) is 11.8. The number of benzene rings is 1. The summed E-state index contributed by atoms with van der Waals surface area (Å²) >= 11 is 11.6. The summed E-state index contributed by atoms with van der Waals surface area (Å²) in [6, 6.07) is 6.56. The van der Waals surface area contributed by atoms with Crippen molar-refractivity contribution in [3.63, 3.8) is 0 Å². The van der Waals surface area contributed by atoms with E-state index in [1.807, 2.05) is 0 Å². The number of carbonyl (C=O) groups excluding carboxylic acids is 3. The van der Waals surface area contributed by atoms with Gasteiger partial charge in [0.05, 0.1) is 6.26 Å². The van der Waals surface area contributed by atoms with Crippen LogP contribution in [-0.4, -0.2) is 30.4 Å². The Hall–Kier alpha value is -2.51. The summed E-state index contributed by atoms with van der Waals surface area (Å²) < 4.78 is 9.76. The fourth-order valence-electron chi connectivity index (χ4n) is 1.82. The Morgan fingerprint density at radius 1 is 1.20 bits per heavy atom. The fraction of sp³-hybridized carbons (Fsp3) is 0.188. The number of halogens is 2. The van der Waals surface area contributed by atoms with E-state index in [4.69, 9.17) is 32.4 Å². The van der Waals surface area contributed by atoms with Crippen LogP contribution < -0.4 is 10.6 Å². The van der Waals surface area contributed by atoms with E-state index in [9.17, 15) is 14.4 Å². The van der Waals surface area contributed by atoms with Gasteiger partial charge in [0.15, 0.2) is 12.4 Å². The van der Waals surface area contributed by atoms with Crippen molar-refractivity contribution in [1.82, 2.24) is 5.32 Å². The van der Waals surface area contributed by atoms with Gasteiger partial charge in [-0.25, -0.2) is 4.79 Å². The molecule has 0 saturated carbocycles. The zero-order chi connectivity index (χ0) is 18.4. The van der Waals surface area contributed by atoms with Crippen molar-refractivity contribution in [2.24, 2.45) is 0 Å². The van der Waals surface area contributed by atoms with Crippen molar-refractivity contribution in [1.29, 1.82) is 0 Å². The molecule has 0 saturated heterocycles. The highest BCUT2D eigenvalue weighted by Crippen LogP contribution is 2.22. The second-order valence-electron chi connectivity index (χ2n) is 4.99. The van der Waals surface area contributed by atoms with E-state index in [0.717, 1.165) is 0 Å². The van der Waals surface area contributed by atoms with Gasteiger partial charge in [-0.1, -0.05) is 23.2 Å². The monoisotopic (exact) mass is 384 g/mol. The first-order valence-electron chi connectivity index (χ1n) is 7.12. The van der Waals surface area contributed by atoms with E-state index in [0.29, 0.717) is 15.7 Å². The van der Waals surface area contributed by atoms with Crippen molar-refractivity contribution in [3.05, 3.63) is 52.4 Å². The lowest BCUT2D eigenvalue weighted by atomic mass is 10.3. The molecule has 25 heavy (non-hydrogen) atoms. The van der Waals surface area contributed by atoms with Crippen molar-refractivity contribution in [2.75, 3.05) is 11.9 Å². The highest BCUT2D eigenvalue weighted by molar-refractivity contribution is 6.35. The average Bonchev–Trinajstić information content (AvgIpc) is 3.06. The molecule has 0 radical (unpaired) electrons. The summed E-state index contributed by atoms with van der Waals surface area (Å²) in [7, 11) is 0.